The summed E-state index contributed by atoms with van der Waals surface area (Å²) in [6.45, 7) is 8.81. The van der Waals surface area contributed by atoms with Gasteiger partial charge in [-0.2, -0.15) is 6.08 Å². The predicted molar refractivity (Wildman–Crippen MR) is 120 cm³/mol. The summed E-state index contributed by atoms with van der Waals surface area (Å²) in [5, 5.41) is 0. The van der Waals surface area contributed by atoms with Gasteiger partial charge in [0.1, 0.15) is 0 Å². The van der Waals surface area contributed by atoms with Crippen LogP contribution in [0.5, 0.6) is 0 Å². The van der Waals surface area contributed by atoms with Crippen LogP contribution in [0.3, 0.4) is 0 Å². The SMILES string of the molecule is CC(C)c1ccccc1.CC(C)c1ccccc1.O=[C]=[Cr](=[C]=O)=[C]=O.[C-]1=CC=CC1.[Cr]. The normalized spacial score (nSPS) is 9.87. The van der Waals surface area contributed by atoms with E-state index in [1.165, 1.54) is 25.4 Å². The Bertz CT molecular complexity index is 888. The van der Waals surface area contributed by atoms with Crippen LogP contribution in [-0.2, 0) is 44.6 Å². The molecular weight excluding hydrogens is 464 g/mol. The van der Waals surface area contributed by atoms with Gasteiger partial charge in [-0.05, 0) is 23.0 Å². The molecule has 0 N–H and O–H groups in total. The standard InChI is InChI=1S/2C9H12.C5H5.3CO.2Cr/c2*1-8(2)9-6-4-3-5-7-9;1-2-4-5-3-1;3*1-2;;/h2*3-8H,1-2H3;1-3H,4H2;;;;;/q;;-1;;;;;. The van der Waals surface area contributed by atoms with Crippen molar-refractivity contribution in [3.05, 3.63) is 96.1 Å². The minimum absolute atomic E-state index is 0. The van der Waals surface area contributed by atoms with Crippen LogP contribution in [0.15, 0.2) is 78.9 Å². The summed E-state index contributed by atoms with van der Waals surface area (Å²) in [7, 11) is 0. The Kier molecular flexibility index (Phi) is 20.9. The number of hydrogen-bond donors (Lipinski definition) is 0. The number of carbonyl (C=O) groups excluding carboxylic acids is 3. The van der Waals surface area contributed by atoms with E-state index in [0.717, 1.165) is 6.42 Å². The Labute approximate surface area is 200 Å². The molecule has 1 aliphatic carbocycles. The molecule has 0 saturated heterocycles. The maximum Gasteiger partial charge on any atom is 0 e. The van der Waals surface area contributed by atoms with Crippen molar-refractivity contribution in [3.8, 4) is 0 Å². The summed E-state index contributed by atoms with van der Waals surface area (Å²) in [5.41, 5.74) is 2.83. The number of rotatable bonds is 2. The Balaban J connectivity index is 0. The molecule has 2 aromatic carbocycles. The summed E-state index contributed by atoms with van der Waals surface area (Å²) in [4.78, 5) is 28.1. The van der Waals surface area contributed by atoms with Gasteiger partial charge >= 0.3 is 41.5 Å². The molecule has 0 aliphatic heterocycles. The van der Waals surface area contributed by atoms with E-state index in [0.29, 0.717) is 11.8 Å². The van der Waals surface area contributed by atoms with E-state index in [4.69, 9.17) is 0 Å². The van der Waals surface area contributed by atoms with Crippen LogP contribution in [0.1, 0.15) is 57.1 Å². The molecule has 0 bridgehead atoms. The second-order valence-electron chi connectivity index (χ2n) is 6.69. The maximum absolute atomic E-state index is 9.37. The van der Waals surface area contributed by atoms with E-state index >= 15 is 0 Å². The largest absolute Gasteiger partial charge is 0.273 e. The number of allylic oxidation sites excluding steroid dienone is 4. The second-order valence-corrected chi connectivity index (χ2v) is 8.43. The van der Waals surface area contributed by atoms with Gasteiger partial charge in [0.25, 0.3) is 0 Å². The fourth-order valence-corrected chi connectivity index (χ4v) is 2.23. The molecule has 0 saturated carbocycles. The molecule has 5 heteroatoms. The van der Waals surface area contributed by atoms with E-state index in [-0.39, 0.29) is 17.4 Å². The van der Waals surface area contributed by atoms with Gasteiger partial charge in [-0.1, -0.05) is 88.4 Å². The molecule has 3 rings (SSSR count). The summed E-state index contributed by atoms with van der Waals surface area (Å²) in [6.07, 6.45) is 10.0. The molecule has 0 spiro atoms. The molecule has 0 amide bonds. The first-order chi connectivity index (χ1) is 14.5. The average Bonchev–Trinajstić information content (AvgIpc) is 3.37. The van der Waals surface area contributed by atoms with Crippen molar-refractivity contribution in [2.45, 2.75) is 46.0 Å². The fourth-order valence-electron chi connectivity index (χ4n) is 2.07. The van der Waals surface area contributed by atoms with Crippen molar-refractivity contribution in [1.82, 2.24) is 0 Å². The third kappa shape index (κ3) is 17.1. The van der Waals surface area contributed by atoms with Crippen molar-refractivity contribution in [2.75, 3.05) is 0 Å². The van der Waals surface area contributed by atoms with Crippen LogP contribution < -0.4 is 0 Å². The Morgan fingerprint density at radius 1 is 0.742 bits per heavy atom. The summed E-state index contributed by atoms with van der Waals surface area (Å²) in [6, 6.07) is 21.0. The molecular formula is C26H29Cr2O3-. The first kappa shape index (κ1) is 30.9. The van der Waals surface area contributed by atoms with Crippen molar-refractivity contribution < 1.29 is 44.6 Å². The predicted octanol–water partition coefficient (Wildman–Crippen LogP) is 5.73. The zero-order chi connectivity index (χ0) is 22.6. The average molecular weight is 494 g/mol. The monoisotopic (exact) mass is 493 g/mol. The quantitative estimate of drug-likeness (QED) is 0.502. The van der Waals surface area contributed by atoms with Crippen LogP contribution in [0.2, 0.25) is 0 Å². The van der Waals surface area contributed by atoms with E-state index in [9.17, 15) is 14.4 Å². The van der Waals surface area contributed by atoms with Crippen LogP contribution in [0, 0.1) is 6.08 Å². The van der Waals surface area contributed by atoms with Crippen molar-refractivity contribution >= 4 is 14.2 Å². The first-order valence-corrected chi connectivity index (χ1v) is 11.6. The minimum atomic E-state index is -2.47. The Morgan fingerprint density at radius 3 is 1.26 bits per heavy atom. The van der Waals surface area contributed by atoms with E-state index in [2.05, 4.69) is 88.4 Å². The van der Waals surface area contributed by atoms with Crippen molar-refractivity contribution in [3.63, 3.8) is 0 Å². The molecule has 1 aliphatic rings. The molecule has 0 fully saturated rings. The second kappa shape index (κ2) is 21.0. The molecule has 0 aromatic heterocycles. The summed E-state index contributed by atoms with van der Waals surface area (Å²) < 4.78 is 3.69. The number of benzene rings is 2. The van der Waals surface area contributed by atoms with Gasteiger partial charge in [-0.25, -0.2) is 12.2 Å². The topological polar surface area (TPSA) is 51.2 Å². The maximum atomic E-state index is 9.37. The van der Waals surface area contributed by atoms with E-state index < -0.39 is 12.8 Å². The number of hydrogen-bond acceptors (Lipinski definition) is 3. The third-order valence-electron chi connectivity index (χ3n) is 3.77. The Morgan fingerprint density at radius 2 is 1.13 bits per heavy atom. The van der Waals surface area contributed by atoms with Crippen LogP contribution in [0.4, 0.5) is 0 Å². The van der Waals surface area contributed by atoms with Crippen LogP contribution in [-0.4, -0.2) is 14.2 Å². The zero-order valence-corrected chi connectivity index (χ0v) is 21.0. The zero-order valence-electron chi connectivity index (χ0n) is 18.4. The van der Waals surface area contributed by atoms with E-state index in [1.807, 2.05) is 24.3 Å². The van der Waals surface area contributed by atoms with Crippen LogP contribution in [0.25, 0.3) is 0 Å². The van der Waals surface area contributed by atoms with Gasteiger partial charge < -0.3 is 0 Å². The van der Waals surface area contributed by atoms with E-state index in [1.54, 1.807) is 0 Å². The fraction of sp³-hybridized carbons (Fsp3) is 0.269. The van der Waals surface area contributed by atoms with Gasteiger partial charge in [0.15, 0.2) is 0 Å². The van der Waals surface area contributed by atoms with Gasteiger partial charge in [-0.3, -0.25) is 6.08 Å². The molecule has 3 nitrogen and oxygen atoms in total. The molecule has 2 aromatic rings. The van der Waals surface area contributed by atoms with Crippen molar-refractivity contribution in [1.29, 1.82) is 0 Å². The third-order valence-corrected chi connectivity index (χ3v) is 4.55. The summed E-state index contributed by atoms with van der Waals surface area (Å²) >= 11 is -2.47. The van der Waals surface area contributed by atoms with Gasteiger partial charge in [-0.15, -0.1) is 6.42 Å². The molecule has 0 heterocycles. The van der Waals surface area contributed by atoms with Crippen molar-refractivity contribution in [2.24, 2.45) is 0 Å². The summed E-state index contributed by atoms with van der Waals surface area (Å²) in [5.74, 6) is 1.32. The van der Waals surface area contributed by atoms with Crippen LogP contribution >= 0.6 is 0 Å². The molecule has 0 radical (unpaired) electrons. The van der Waals surface area contributed by atoms with Gasteiger partial charge in [0.05, 0.1) is 0 Å². The molecule has 164 valence electrons. The minimum Gasteiger partial charge on any atom is -0.273 e. The molecule has 31 heavy (non-hydrogen) atoms. The van der Waals surface area contributed by atoms with Gasteiger partial charge in [0.2, 0.25) is 0 Å². The molecule has 0 atom stereocenters. The molecule has 0 unspecified atom stereocenters. The Hall–Kier alpha value is -2.28. The first-order valence-electron chi connectivity index (χ1n) is 9.65. The smallest absolute Gasteiger partial charge is 0 e. The van der Waals surface area contributed by atoms with Gasteiger partial charge in [0, 0.05) is 17.4 Å².